The van der Waals surface area contributed by atoms with Gasteiger partial charge in [-0.25, -0.2) is 4.39 Å². The quantitative estimate of drug-likeness (QED) is 0.865. The zero-order chi connectivity index (χ0) is 13.8. The molecule has 0 spiro atoms. The topological polar surface area (TPSA) is 12.0 Å². The Kier molecular flexibility index (Phi) is 4.33. The summed E-state index contributed by atoms with van der Waals surface area (Å²) >= 11 is 0. The highest BCUT2D eigenvalue weighted by Gasteiger charge is 2.19. The van der Waals surface area contributed by atoms with Crippen LogP contribution in [-0.4, -0.2) is 7.05 Å². The smallest absolute Gasteiger partial charge is 0.126 e. The van der Waals surface area contributed by atoms with Crippen LogP contribution in [0.1, 0.15) is 35.6 Å². The summed E-state index contributed by atoms with van der Waals surface area (Å²) in [4.78, 5) is 0. The van der Waals surface area contributed by atoms with Crippen molar-refractivity contribution in [2.45, 2.75) is 25.8 Å². The second-order valence-electron chi connectivity index (χ2n) is 4.97. The summed E-state index contributed by atoms with van der Waals surface area (Å²) in [5.74, 6) is 0.145. The van der Waals surface area contributed by atoms with Crippen molar-refractivity contribution < 1.29 is 4.39 Å². The minimum atomic E-state index is -0.141. The van der Waals surface area contributed by atoms with Gasteiger partial charge in [0, 0.05) is 12.0 Å². The van der Waals surface area contributed by atoms with Gasteiger partial charge in [0.1, 0.15) is 5.82 Å². The fourth-order valence-electron chi connectivity index (χ4n) is 2.46. The van der Waals surface area contributed by atoms with E-state index < -0.39 is 0 Å². The maximum Gasteiger partial charge on any atom is 0.126 e. The van der Waals surface area contributed by atoms with Gasteiger partial charge in [0.05, 0.1) is 0 Å². The molecule has 2 atom stereocenters. The number of halogens is 1. The summed E-state index contributed by atoms with van der Waals surface area (Å²) < 4.78 is 13.7. The molecule has 0 aliphatic carbocycles. The number of rotatable bonds is 4. The molecule has 0 aliphatic heterocycles. The van der Waals surface area contributed by atoms with E-state index >= 15 is 0 Å². The van der Waals surface area contributed by atoms with Gasteiger partial charge in [-0.05, 0) is 36.7 Å². The molecule has 0 bridgehead atoms. The van der Waals surface area contributed by atoms with Crippen molar-refractivity contribution in [3.05, 3.63) is 71.0 Å². The molecule has 1 nitrogen and oxygen atoms in total. The van der Waals surface area contributed by atoms with Crippen molar-refractivity contribution >= 4 is 0 Å². The lowest BCUT2D eigenvalue weighted by Crippen LogP contribution is -2.22. The van der Waals surface area contributed by atoms with Crippen molar-refractivity contribution in [2.24, 2.45) is 0 Å². The Hall–Kier alpha value is -1.67. The van der Waals surface area contributed by atoms with E-state index in [-0.39, 0.29) is 17.8 Å². The summed E-state index contributed by atoms with van der Waals surface area (Å²) in [5, 5.41) is 3.30. The molecular weight excluding hydrogens is 237 g/mol. The van der Waals surface area contributed by atoms with E-state index in [9.17, 15) is 4.39 Å². The highest BCUT2D eigenvalue weighted by Crippen LogP contribution is 2.30. The predicted molar refractivity (Wildman–Crippen MR) is 77.8 cm³/mol. The first kappa shape index (κ1) is 13.8. The van der Waals surface area contributed by atoms with Crippen molar-refractivity contribution in [1.82, 2.24) is 5.32 Å². The molecule has 19 heavy (non-hydrogen) atoms. The molecular formula is C17H20FN. The summed E-state index contributed by atoms with van der Waals surface area (Å²) in [7, 11) is 1.92. The largest absolute Gasteiger partial charge is 0.312 e. The Morgan fingerprint density at radius 2 is 1.68 bits per heavy atom. The number of nitrogens with one attached hydrogen (secondary N) is 1. The summed E-state index contributed by atoms with van der Waals surface area (Å²) in [5.41, 5.74) is 2.93. The Morgan fingerprint density at radius 1 is 1.00 bits per heavy atom. The fourth-order valence-corrected chi connectivity index (χ4v) is 2.46. The van der Waals surface area contributed by atoms with Gasteiger partial charge in [-0.15, -0.1) is 0 Å². The molecule has 0 aliphatic rings. The Balaban J connectivity index is 2.31. The van der Waals surface area contributed by atoms with Crippen LogP contribution in [0.2, 0.25) is 0 Å². The molecule has 100 valence electrons. The van der Waals surface area contributed by atoms with Crippen LogP contribution in [0.5, 0.6) is 0 Å². The first-order chi connectivity index (χ1) is 9.13. The molecule has 0 fully saturated rings. The molecule has 0 aromatic heterocycles. The molecule has 2 aromatic rings. The molecule has 2 rings (SSSR count). The van der Waals surface area contributed by atoms with Gasteiger partial charge in [-0.1, -0.05) is 49.4 Å². The number of benzene rings is 2. The van der Waals surface area contributed by atoms with Crippen LogP contribution >= 0.6 is 0 Å². The Bertz CT molecular complexity index is 536. The summed E-state index contributed by atoms with van der Waals surface area (Å²) in [6.07, 6.45) is 0. The molecule has 1 N–H and O–H groups in total. The van der Waals surface area contributed by atoms with Gasteiger partial charge in [0.15, 0.2) is 0 Å². The average molecular weight is 257 g/mol. The lowest BCUT2D eigenvalue weighted by atomic mass is 9.88. The third kappa shape index (κ3) is 3.02. The number of hydrogen-bond acceptors (Lipinski definition) is 1. The van der Waals surface area contributed by atoms with Crippen LogP contribution in [0.25, 0.3) is 0 Å². The van der Waals surface area contributed by atoms with Gasteiger partial charge < -0.3 is 5.32 Å². The minimum Gasteiger partial charge on any atom is -0.312 e. The first-order valence-corrected chi connectivity index (χ1v) is 6.61. The SMILES string of the molecule is CNC(c1ccc(C)c(F)c1)C(C)c1ccccc1. The van der Waals surface area contributed by atoms with E-state index in [0.29, 0.717) is 5.56 Å². The predicted octanol–water partition coefficient (Wildman–Crippen LogP) is 4.20. The van der Waals surface area contributed by atoms with Gasteiger partial charge in [0.2, 0.25) is 0 Å². The number of hydrogen-bond donors (Lipinski definition) is 1. The lowest BCUT2D eigenvalue weighted by molar-refractivity contribution is 0.503. The summed E-state index contributed by atoms with van der Waals surface area (Å²) in [6.45, 7) is 3.95. The van der Waals surface area contributed by atoms with Crippen LogP contribution in [0.4, 0.5) is 4.39 Å². The minimum absolute atomic E-state index is 0.109. The van der Waals surface area contributed by atoms with Gasteiger partial charge in [0.25, 0.3) is 0 Å². The number of aryl methyl sites for hydroxylation is 1. The highest BCUT2D eigenvalue weighted by molar-refractivity contribution is 5.30. The standard InChI is InChI=1S/C17H20FN/c1-12-9-10-15(11-16(12)18)17(19-3)13(2)14-7-5-4-6-8-14/h4-11,13,17,19H,1-3H3. The third-order valence-corrected chi connectivity index (χ3v) is 3.69. The van der Waals surface area contributed by atoms with Crippen molar-refractivity contribution in [1.29, 1.82) is 0 Å². The molecule has 2 heteroatoms. The Morgan fingerprint density at radius 3 is 2.26 bits per heavy atom. The Labute approximate surface area is 114 Å². The molecule has 0 saturated heterocycles. The molecule has 0 radical (unpaired) electrons. The third-order valence-electron chi connectivity index (χ3n) is 3.69. The van der Waals surface area contributed by atoms with E-state index in [1.54, 1.807) is 13.0 Å². The molecule has 0 amide bonds. The lowest BCUT2D eigenvalue weighted by Gasteiger charge is -2.24. The van der Waals surface area contributed by atoms with E-state index in [2.05, 4.69) is 24.4 Å². The number of likely N-dealkylation sites (N-methyl/N-ethyl adjacent to an activating group) is 1. The highest BCUT2D eigenvalue weighted by atomic mass is 19.1. The van der Waals surface area contributed by atoms with Crippen molar-refractivity contribution in [3.8, 4) is 0 Å². The van der Waals surface area contributed by atoms with Crippen LogP contribution in [0.15, 0.2) is 48.5 Å². The maximum absolute atomic E-state index is 13.7. The fraction of sp³-hybridized carbons (Fsp3) is 0.294. The zero-order valence-electron chi connectivity index (χ0n) is 11.7. The van der Waals surface area contributed by atoms with Gasteiger partial charge in [-0.3, -0.25) is 0 Å². The molecule has 0 saturated carbocycles. The first-order valence-electron chi connectivity index (χ1n) is 6.61. The van der Waals surface area contributed by atoms with E-state index in [0.717, 1.165) is 5.56 Å². The van der Waals surface area contributed by atoms with E-state index in [1.165, 1.54) is 5.56 Å². The van der Waals surface area contributed by atoms with Crippen LogP contribution in [0.3, 0.4) is 0 Å². The van der Waals surface area contributed by atoms with Gasteiger partial charge >= 0.3 is 0 Å². The van der Waals surface area contributed by atoms with Gasteiger partial charge in [-0.2, -0.15) is 0 Å². The second-order valence-corrected chi connectivity index (χ2v) is 4.97. The molecule has 2 unspecified atom stereocenters. The van der Waals surface area contributed by atoms with Crippen molar-refractivity contribution in [3.63, 3.8) is 0 Å². The average Bonchev–Trinajstić information content (AvgIpc) is 2.44. The molecule has 2 aromatic carbocycles. The van der Waals surface area contributed by atoms with Crippen molar-refractivity contribution in [2.75, 3.05) is 7.05 Å². The maximum atomic E-state index is 13.7. The second kappa shape index (κ2) is 5.98. The summed E-state index contributed by atoms with van der Waals surface area (Å²) in [6, 6.07) is 15.9. The molecule has 0 heterocycles. The monoisotopic (exact) mass is 257 g/mol. The van der Waals surface area contributed by atoms with E-state index in [4.69, 9.17) is 0 Å². The van der Waals surface area contributed by atoms with E-state index in [1.807, 2.05) is 37.4 Å². The van der Waals surface area contributed by atoms with Crippen LogP contribution in [0, 0.1) is 12.7 Å². The van der Waals surface area contributed by atoms with Crippen LogP contribution in [-0.2, 0) is 0 Å². The zero-order valence-corrected chi connectivity index (χ0v) is 11.7. The normalized spacial score (nSPS) is 14.1. The van der Waals surface area contributed by atoms with Crippen LogP contribution < -0.4 is 5.32 Å².